The molecule has 106 valence electrons. The van der Waals surface area contributed by atoms with E-state index < -0.39 is 11.5 Å². The number of nitrogens with zero attached hydrogens (tertiary/aromatic N) is 2. The minimum absolute atomic E-state index is 0.189. The number of carbonyl (C=O) groups is 1. The van der Waals surface area contributed by atoms with Crippen molar-refractivity contribution in [3.63, 3.8) is 0 Å². The highest BCUT2D eigenvalue weighted by molar-refractivity contribution is 5.79. The second-order valence-corrected chi connectivity index (χ2v) is 5.47. The molecule has 5 nitrogen and oxygen atoms in total. The summed E-state index contributed by atoms with van der Waals surface area (Å²) < 4.78 is 1.91. The third-order valence-corrected chi connectivity index (χ3v) is 4.16. The van der Waals surface area contributed by atoms with Crippen molar-refractivity contribution in [2.45, 2.75) is 51.6 Å². The van der Waals surface area contributed by atoms with Crippen LogP contribution in [0.2, 0.25) is 0 Å². The molecule has 0 aliphatic heterocycles. The standard InChI is InChI=1S/C14H23N3O2/c1-3-15-14(13(18)19)7-4-5-12(14)6-8-17-10-11(2)9-16-17/h9-10,12,15H,3-8H2,1-2H3,(H,18,19). The molecule has 19 heavy (non-hydrogen) atoms. The van der Waals surface area contributed by atoms with Gasteiger partial charge in [-0.05, 0) is 44.2 Å². The van der Waals surface area contributed by atoms with Gasteiger partial charge in [-0.3, -0.25) is 9.48 Å². The van der Waals surface area contributed by atoms with E-state index in [1.54, 1.807) is 0 Å². The molecule has 1 aliphatic rings. The molecule has 1 aromatic heterocycles. The van der Waals surface area contributed by atoms with Gasteiger partial charge in [-0.15, -0.1) is 0 Å². The van der Waals surface area contributed by atoms with Crippen molar-refractivity contribution in [2.24, 2.45) is 5.92 Å². The Balaban J connectivity index is 2.03. The summed E-state index contributed by atoms with van der Waals surface area (Å²) in [6.45, 7) is 5.47. The van der Waals surface area contributed by atoms with Gasteiger partial charge in [0.25, 0.3) is 0 Å². The third kappa shape index (κ3) is 2.81. The van der Waals surface area contributed by atoms with Gasteiger partial charge in [0.1, 0.15) is 5.54 Å². The molecule has 0 aromatic carbocycles. The Morgan fingerprint density at radius 3 is 3.05 bits per heavy atom. The topological polar surface area (TPSA) is 67.2 Å². The first-order valence-electron chi connectivity index (χ1n) is 7.06. The van der Waals surface area contributed by atoms with Crippen LogP contribution in [0.1, 0.15) is 38.2 Å². The minimum Gasteiger partial charge on any atom is -0.480 e. The Morgan fingerprint density at radius 2 is 2.47 bits per heavy atom. The number of aromatic nitrogens is 2. The molecule has 1 fully saturated rings. The van der Waals surface area contributed by atoms with Crippen molar-refractivity contribution < 1.29 is 9.90 Å². The Morgan fingerprint density at radius 1 is 1.68 bits per heavy atom. The lowest BCUT2D eigenvalue weighted by atomic mass is 9.84. The van der Waals surface area contributed by atoms with Crippen LogP contribution in [0.25, 0.3) is 0 Å². The molecule has 5 heteroatoms. The van der Waals surface area contributed by atoms with Crippen molar-refractivity contribution in [1.82, 2.24) is 15.1 Å². The lowest BCUT2D eigenvalue weighted by Crippen LogP contribution is -2.54. The van der Waals surface area contributed by atoms with Crippen LogP contribution in [-0.4, -0.2) is 32.9 Å². The molecule has 2 atom stereocenters. The molecule has 0 bridgehead atoms. The Labute approximate surface area is 114 Å². The molecule has 1 aromatic rings. The number of aryl methyl sites for hydroxylation is 2. The number of carboxylic acids is 1. The van der Waals surface area contributed by atoms with E-state index in [1.807, 2.05) is 30.9 Å². The number of hydrogen-bond acceptors (Lipinski definition) is 3. The SMILES string of the molecule is CCNC1(C(=O)O)CCCC1CCn1cc(C)cn1. The average Bonchev–Trinajstić information content (AvgIpc) is 2.94. The van der Waals surface area contributed by atoms with Crippen LogP contribution in [0.3, 0.4) is 0 Å². The molecule has 0 amide bonds. The van der Waals surface area contributed by atoms with E-state index in [4.69, 9.17) is 0 Å². The number of hydrogen-bond donors (Lipinski definition) is 2. The zero-order valence-electron chi connectivity index (χ0n) is 11.7. The third-order valence-electron chi connectivity index (χ3n) is 4.16. The minimum atomic E-state index is -0.725. The predicted molar refractivity (Wildman–Crippen MR) is 73.0 cm³/mol. The Kier molecular flexibility index (Phi) is 4.24. The number of likely N-dealkylation sites (N-methyl/N-ethyl adjacent to an activating group) is 1. The van der Waals surface area contributed by atoms with E-state index in [0.717, 1.165) is 37.8 Å². The molecule has 1 saturated carbocycles. The zero-order chi connectivity index (χ0) is 13.9. The summed E-state index contributed by atoms with van der Waals surface area (Å²) >= 11 is 0. The average molecular weight is 265 g/mol. The molecule has 1 heterocycles. The Hall–Kier alpha value is -1.36. The first-order valence-corrected chi connectivity index (χ1v) is 7.06. The van der Waals surface area contributed by atoms with Crippen LogP contribution in [0, 0.1) is 12.8 Å². The first-order chi connectivity index (χ1) is 9.08. The fourth-order valence-corrected chi connectivity index (χ4v) is 3.25. The van der Waals surface area contributed by atoms with E-state index >= 15 is 0 Å². The monoisotopic (exact) mass is 265 g/mol. The van der Waals surface area contributed by atoms with Gasteiger partial charge < -0.3 is 10.4 Å². The summed E-state index contributed by atoms with van der Waals surface area (Å²) in [6, 6.07) is 0. The van der Waals surface area contributed by atoms with Crippen LogP contribution in [0.4, 0.5) is 0 Å². The summed E-state index contributed by atoms with van der Waals surface area (Å²) in [5.74, 6) is -0.511. The maximum atomic E-state index is 11.7. The molecule has 1 aliphatic carbocycles. The number of nitrogens with one attached hydrogen (secondary N) is 1. The van der Waals surface area contributed by atoms with Gasteiger partial charge in [-0.2, -0.15) is 5.10 Å². The fraction of sp³-hybridized carbons (Fsp3) is 0.714. The van der Waals surface area contributed by atoms with Gasteiger partial charge in [-0.25, -0.2) is 0 Å². The summed E-state index contributed by atoms with van der Waals surface area (Å²) in [7, 11) is 0. The van der Waals surface area contributed by atoms with Crippen molar-refractivity contribution >= 4 is 5.97 Å². The molecule has 2 unspecified atom stereocenters. The Bertz CT molecular complexity index is 444. The fourth-order valence-electron chi connectivity index (χ4n) is 3.25. The predicted octanol–water partition coefficient (Wildman–Crippen LogP) is 1.81. The van der Waals surface area contributed by atoms with E-state index in [-0.39, 0.29) is 5.92 Å². The second kappa shape index (κ2) is 5.74. The van der Waals surface area contributed by atoms with Crippen molar-refractivity contribution in [1.29, 1.82) is 0 Å². The molecule has 2 rings (SSSR count). The van der Waals surface area contributed by atoms with Gasteiger partial charge >= 0.3 is 5.97 Å². The largest absolute Gasteiger partial charge is 0.480 e. The molecule has 0 saturated heterocycles. The van der Waals surface area contributed by atoms with Gasteiger partial charge in [0.15, 0.2) is 0 Å². The van der Waals surface area contributed by atoms with Crippen molar-refractivity contribution in [3.05, 3.63) is 18.0 Å². The van der Waals surface area contributed by atoms with Crippen molar-refractivity contribution in [3.8, 4) is 0 Å². The van der Waals surface area contributed by atoms with E-state index in [1.165, 1.54) is 0 Å². The van der Waals surface area contributed by atoms with Crippen LogP contribution >= 0.6 is 0 Å². The van der Waals surface area contributed by atoms with Gasteiger partial charge in [-0.1, -0.05) is 13.3 Å². The molecule has 0 spiro atoms. The van der Waals surface area contributed by atoms with Gasteiger partial charge in [0, 0.05) is 12.7 Å². The maximum Gasteiger partial charge on any atom is 0.324 e. The van der Waals surface area contributed by atoms with Crippen LogP contribution in [-0.2, 0) is 11.3 Å². The lowest BCUT2D eigenvalue weighted by molar-refractivity contribution is -0.146. The van der Waals surface area contributed by atoms with Crippen LogP contribution < -0.4 is 5.32 Å². The van der Waals surface area contributed by atoms with E-state index in [2.05, 4.69) is 10.4 Å². The smallest absolute Gasteiger partial charge is 0.324 e. The molecule has 0 radical (unpaired) electrons. The highest BCUT2D eigenvalue weighted by Gasteiger charge is 2.48. The first kappa shape index (κ1) is 14.1. The van der Waals surface area contributed by atoms with Crippen molar-refractivity contribution in [2.75, 3.05) is 6.54 Å². The maximum absolute atomic E-state index is 11.7. The summed E-state index contributed by atoms with van der Waals surface area (Å²) in [5, 5.41) is 17.1. The van der Waals surface area contributed by atoms with Gasteiger partial charge in [0.05, 0.1) is 6.20 Å². The highest BCUT2D eigenvalue weighted by Crippen LogP contribution is 2.38. The summed E-state index contributed by atoms with van der Waals surface area (Å²) in [4.78, 5) is 11.7. The number of aliphatic carboxylic acids is 1. The normalized spacial score (nSPS) is 26.7. The second-order valence-electron chi connectivity index (χ2n) is 5.47. The van der Waals surface area contributed by atoms with Crippen LogP contribution in [0.15, 0.2) is 12.4 Å². The zero-order valence-corrected chi connectivity index (χ0v) is 11.7. The molecule has 2 N–H and O–H groups in total. The summed E-state index contributed by atoms with van der Waals surface area (Å²) in [5.41, 5.74) is 0.416. The quantitative estimate of drug-likeness (QED) is 0.823. The summed E-state index contributed by atoms with van der Waals surface area (Å²) in [6.07, 6.45) is 7.41. The lowest BCUT2D eigenvalue weighted by Gasteiger charge is -2.32. The number of rotatable bonds is 6. The van der Waals surface area contributed by atoms with Gasteiger partial charge in [0.2, 0.25) is 0 Å². The van der Waals surface area contributed by atoms with Crippen LogP contribution in [0.5, 0.6) is 0 Å². The molecular weight excluding hydrogens is 242 g/mol. The number of carboxylic acid groups (broad SMARTS) is 1. The molecular formula is C14H23N3O2. The van der Waals surface area contributed by atoms with E-state index in [0.29, 0.717) is 6.54 Å². The van der Waals surface area contributed by atoms with E-state index in [9.17, 15) is 9.90 Å². The highest BCUT2D eigenvalue weighted by atomic mass is 16.4.